The number of piperazine rings is 1. The highest BCUT2D eigenvalue weighted by Crippen LogP contribution is 2.27. The van der Waals surface area contributed by atoms with E-state index in [1.807, 2.05) is 42.5 Å². The van der Waals surface area contributed by atoms with Crippen LogP contribution in [0.5, 0.6) is 0 Å². The topological polar surface area (TPSA) is 95.7 Å². The smallest absolute Gasteiger partial charge is 0.321 e. The van der Waals surface area contributed by atoms with Gasteiger partial charge in [0, 0.05) is 48.8 Å². The standard InChI is InChI=1S/C21H24N4O3S/c22-19(26)10-15-29-18-9-5-4-8-17(18)23-21(28)25-13-11-24(12-14-25)20(27)16-6-2-1-3-7-16/h1-9H,10-15H2,(H2,22,26)(H,23,28). The van der Waals surface area contributed by atoms with Crippen molar-refractivity contribution in [2.75, 3.05) is 37.2 Å². The number of hydrogen-bond acceptors (Lipinski definition) is 4. The van der Waals surface area contributed by atoms with Crippen LogP contribution in [-0.4, -0.2) is 59.6 Å². The number of nitrogens with zero attached hydrogens (tertiary/aromatic N) is 2. The number of benzene rings is 2. The minimum Gasteiger partial charge on any atom is -0.370 e. The molecular formula is C21H24N4O3S. The summed E-state index contributed by atoms with van der Waals surface area (Å²) >= 11 is 1.48. The van der Waals surface area contributed by atoms with Gasteiger partial charge in [0.15, 0.2) is 0 Å². The van der Waals surface area contributed by atoms with Crippen LogP contribution in [0.1, 0.15) is 16.8 Å². The Balaban J connectivity index is 1.54. The maximum absolute atomic E-state index is 12.7. The SMILES string of the molecule is NC(=O)CCSc1ccccc1NC(=O)N1CCN(C(=O)c2ccccc2)CC1. The number of amides is 4. The highest BCUT2D eigenvalue weighted by atomic mass is 32.2. The zero-order chi connectivity index (χ0) is 20.6. The van der Waals surface area contributed by atoms with Crippen molar-refractivity contribution in [1.82, 2.24) is 9.80 Å². The first-order valence-corrected chi connectivity index (χ1v) is 10.4. The van der Waals surface area contributed by atoms with E-state index in [1.54, 1.807) is 21.9 Å². The van der Waals surface area contributed by atoms with Crippen LogP contribution in [0, 0.1) is 0 Å². The molecular weight excluding hydrogens is 388 g/mol. The monoisotopic (exact) mass is 412 g/mol. The summed E-state index contributed by atoms with van der Waals surface area (Å²) in [6, 6.07) is 16.4. The van der Waals surface area contributed by atoms with Crippen LogP contribution in [0.15, 0.2) is 59.5 Å². The number of primary amides is 1. The first-order chi connectivity index (χ1) is 14.0. The van der Waals surface area contributed by atoms with E-state index in [2.05, 4.69) is 5.32 Å². The Bertz CT molecular complexity index is 867. The molecule has 8 heteroatoms. The molecule has 1 heterocycles. The zero-order valence-electron chi connectivity index (χ0n) is 16.0. The summed E-state index contributed by atoms with van der Waals surface area (Å²) in [6.45, 7) is 1.94. The van der Waals surface area contributed by atoms with Gasteiger partial charge >= 0.3 is 6.03 Å². The van der Waals surface area contributed by atoms with Crippen LogP contribution >= 0.6 is 11.8 Å². The van der Waals surface area contributed by atoms with Crippen LogP contribution in [0.2, 0.25) is 0 Å². The number of hydrogen-bond donors (Lipinski definition) is 2. The van der Waals surface area contributed by atoms with E-state index in [4.69, 9.17) is 5.73 Å². The lowest BCUT2D eigenvalue weighted by atomic mass is 10.2. The number of carbonyl (C=O) groups excluding carboxylic acids is 3. The van der Waals surface area contributed by atoms with Gasteiger partial charge in [-0.3, -0.25) is 9.59 Å². The second-order valence-electron chi connectivity index (χ2n) is 6.64. The maximum Gasteiger partial charge on any atom is 0.321 e. The lowest BCUT2D eigenvalue weighted by Crippen LogP contribution is -2.51. The van der Waals surface area contributed by atoms with Gasteiger partial charge in [-0.2, -0.15) is 0 Å². The van der Waals surface area contributed by atoms with Crippen molar-refractivity contribution in [3.05, 3.63) is 60.2 Å². The number of nitrogens with one attached hydrogen (secondary N) is 1. The van der Waals surface area contributed by atoms with Crippen LogP contribution in [0.4, 0.5) is 10.5 Å². The maximum atomic E-state index is 12.7. The molecule has 4 amide bonds. The average Bonchev–Trinajstić information content (AvgIpc) is 2.75. The van der Waals surface area contributed by atoms with E-state index in [-0.39, 0.29) is 24.3 Å². The normalized spacial score (nSPS) is 13.8. The molecule has 3 N–H and O–H groups in total. The largest absolute Gasteiger partial charge is 0.370 e. The van der Waals surface area contributed by atoms with E-state index in [0.717, 1.165) is 4.90 Å². The molecule has 0 bridgehead atoms. The molecule has 1 saturated heterocycles. The molecule has 3 rings (SSSR count). The number of nitrogens with two attached hydrogens (primary N) is 1. The molecule has 152 valence electrons. The highest BCUT2D eigenvalue weighted by Gasteiger charge is 2.25. The average molecular weight is 413 g/mol. The summed E-state index contributed by atoms with van der Waals surface area (Å²) in [6.07, 6.45) is 0.282. The number of anilines is 1. The van der Waals surface area contributed by atoms with Crippen molar-refractivity contribution >= 4 is 35.3 Å². The third kappa shape index (κ3) is 5.74. The molecule has 0 aliphatic carbocycles. The van der Waals surface area contributed by atoms with Crippen molar-refractivity contribution in [2.45, 2.75) is 11.3 Å². The van der Waals surface area contributed by atoms with Gasteiger partial charge in [0.25, 0.3) is 5.91 Å². The van der Waals surface area contributed by atoms with Crippen molar-refractivity contribution in [3.63, 3.8) is 0 Å². The van der Waals surface area contributed by atoms with E-state index in [9.17, 15) is 14.4 Å². The molecule has 0 saturated carbocycles. The highest BCUT2D eigenvalue weighted by molar-refractivity contribution is 7.99. The van der Waals surface area contributed by atoms with E-state index >= 15 is 0 Å². The Kier molecular flexibility index (Phi) is 7.13. The Morgan fingerprint density at radius 2 is 1.52 bits per heavy atom. The molecule has 2 aromatic rings. The predicted octanol–water partition coefficient (Wildman–Crippen LogP) is 2.64. The summed E-state index contributed by atoms with van der Waals surface area (Å²) < 4.78 is 0. The molecule has 0 atom stereocenters. The summed E-state index contributed by atoms with van der Waals surface area (Å²) in [7, 11) is 0. The van der Waals surface area contributed by atoms with Crippen molar-refractivity contribution in [1.29, 1.82) is 0 Å². The fourth-order valence-electron chi connectivity index (χ4n) is 3.03. The van der Waals surface area contributed by atoms with Crippen molar-refractivity contribution < 1.29 is 14.4 Å². The molecule has 7 nitrogen and oxygen atoms in total. The lowest BCUT2D eigenvalue weighted by Gasteiger charge is -2.34. The third-order valence-electron chi connectivity index (χ3n) is 4.61. The lowest BCUT2D eigenvalue weighted by molar-refractivity contribution is -0.117. The first kappa shape index (κ1) is 20.7. The molecule has 0 aromatic heterocycles. The second kappa shape index (κ2) is 9.97. The quantitative estimate of drug-likeness (QED) is 0.713. The molecule has 1 aliphatic rings. The summed E-state index contributed by atoms with van der Waals surface area (Å²) in [4.78, 5) is 40.5. The van der Waals surface area contributed by atoms with Gasteiger partial charge < -0.3 is 20.9 Å². The number of carbonyl (C=O) groups is 3. The summed E-state index contributed by atoms with van der Waals surface area (Å²) in [5, 5.41) is 2.94. The minimum atomic E-state index is -0.345. The molecule has 0 radical (unpaired) electrons. The number of para-hydroxylation sites is 1. The molecule has 2 aromatic carbocycles. The molecule has 0 unspecified atom stereocenters. The minimum absolute atomic E-state index is 0.0122. The molecule has 1 fully saturated rings. The van der Waals surface area contributed by atoms with E-state index in [0.29, 0.717) is 43.2 Å². The third-order valence-corrected chi connectivity index (χ3v) is 5.68. The summed E-state index contributed by atoms with van der Waals surface area (Å²) in [5.74, 6) is 0.200. The Labute approximate surface area is 174 Å². The van der Waals surface area contributed by atoms with Gasteiger partial charge in [0.2, 0.25) is 5.91 Å². The van der Waals surface area contributed by atoms with Gasteiger partial charge in [-0.25, -0.2) is 4.79 Å². The zero-order valence-corrected chi connectivity index (χ0v) is 16.9. The molecule has 29 heavy (non-hydrogen) atoms. The van der Waals surface area contributed by atoms with Crippen LogP contribution in [0.25, 0.3) is 0 Å². The Morgan fingerprint density at radius 3 is 2.21 bits per heavy atom. The Morgan fingerprint density at radius 1 is 0.897 bits per heavy atom. The van der Waals surface area contributed by atoms with Gasteiger partial charge in [-0.15, -0.1) is 11.8 Å². The summed E-state index contributed by atoms with van der Waals surface area (Å²) in [5.41, 5.74) is 6.55. The first-order valence-electron chi connectivity index (χ1n) is 9.45. The van der Waals surface area contributed by atoms with Crippen molar-refractivity contribution in [2.24, 2.45) is 5.73 Å². The van der Waals surface area contributed by atoms with E-state index in [1.165, 1.54) is 11.8 Å². The van der Waals surface area contributed by atoms with Crippen LogP contribution in [0.3, 0.4) is 0 Å². The number of urea groups is 1. The van der Waals surface area contributed by atoms with Gasteiger partial charge in [0.1, 0.15) is 0 Å². The van der Waals surface area contributed by atoms with Gasteiger partial charge in [-0.1, -0.05) is 30.3 Å². The fraction of sp³-hybridized carbons (Fsp3) is 0.286. The van der Waals surface area contributed by atoms with Gasteiger partial charge in [-0.05, 0) is 24.3 Å². The number of thioether (sulfide) groups is 1. The second-order valence-corrected chi connectivity index (χ2v) is 7.77. The predicted molar refractivity (Wildman–Crippen MR) is 114 cm³/mol. The van der Waals surface area contributed by atoms with Crippen LogP contribution < -0.4 is 11.1 Å². The van der Waals surface area contributed by atoms with Crippen molar-refractivity contribution in [3.8, 4) is 0 Å². The van der Waals surface area contributed by atoms with E-state index < -0.39 is 0 Å². The molecule has 0 spiro atoms. The van der Waals surface area contributed by atoms with Gasteiger partial charge in [0.05, 0.1) is 5.69 Å². The van der Waals surface area contributed by atoms with Crippen LogP contribution in [-0.2, 0) is 4.79 Å². The fourth-order valence-corrected chi connectivity index (χ4v) is 4.00. The Hall–Kier alpha value is -3.00. The molecule has 1 aliphatic heterocycles. The number of rotatable bonds is 6.